The average molecular weight is 312 g/mol. The standard InChI is InChI=1S/C16H32N4O2/c1-4-17-16(18-8-12-22-11-7-14(2)3)19-13-15(21)20-9-5-6-10-20/h14H,4-13H2,1-3H3,(H2,17,18,19). The predicted octanol–water partition coefficient (Wildman–Crippen LogP) is 1.23. The zero-order valence-electron chi connectivity index (χ0n) is 14.4. The molecule has 0 aromatic heterocycles. The molecule has 1 rings (SSSR count). The molecule has 1 aliphatic heterocycles. The van der Waals surface area contributed by atoms with Crippen molar-refractivity contribution in [1.82, 2.24) is 15.5 Å². The fourth-order valence-corrected chi connectivity index (χ4v) is 2.22. The van der Waals surface area contributed by atoms with Crippen molar-refractivity contribution in [2.75, 3.05) is 45.9 Å². The second-order valence-electron chi connectivity index (χ2n) is 6.00. The van der Waals surface area contributed by atoms with Crippen molar-refractivity contribution in [3.63, 3.8) is 0 Å². The molecule has 1 heterocycles. The van der Waals surface area contributed by atoms with E-state index in [-0.39, 0.29) is 12.5 Å². The van der Waals surface area contributed by atoms with Gasteiger partial charge in [0.1, 0.15) is 6.54 Å². The van der Waals surface area contributed by atoms with Crippen LogP contribution in [0.1, 0.15) is 40.0 Å². The normalized spacial score (nSPS) is 15.5. The molecule has 1 aliphatic rings. The molecule has 0 saturated carbocycles. The van der Waals surface area contributed by atoms with Crippen molar-refractivity contribution in [2.24, 2.45) is 10.9 Å². The van der Waals surface area contributed by atoms with E-state index < -0.39 is 0 Å². The van der Waals surface area contributed by atoms with Crippen molar-refractivity contribution in [2.45, 2.75) is 40.0 Å². The lowest BCUT2D eigenvalue weighted by Crippen LogP contribution is -2.40. The lowest BCUT2D eigenvalue weighted by Gasteiger charge is -2.15. The quantitative estimate of drug-likeness (QED) is 0.382. The largest absolute Gasteiger partial charge is 0.380 e. The van der Waals surface area contributed by atoms with E-state index in [1.165, 1.54) is 0 Å². The van der Waals surface area contributed by atoms with Gasteiger partial charge < -0.3 is 20.3 Å². The number of guanidine groups is 1. The molecule has 0 aromatic carbocycles. The summed E-state index contributed by atoms with van der Waals surface area (Å²) in [6, 6.07) is 0. The second kappa shape index (κ2) is 11.3. The predicted molar refractivity (Wildman–Crippen MR) is 90.1 cm³/mol. The van der Waals surface area contributed by atoms with Gasteiger partial charge in [-0.25, -0.2) is 4.99 Å². The highest BCUT2D eigenvalue weighted by molar-refractivity contribution is 5.85. The number of likely N-dealkylation sites (tertiary alicyclic amines) is 1. The van der Waals surface area contributed by atoms with Crippen LogP contribution in [0.25, 0.3) is 0 Å². The number of nitrogens with zero attached hydrogens (tertiary/aromatic N) is 2. The molecule has 6 heteroatoms. The number of hydrogen-bond donors (Lipinski definition) is 2. The summed E-state index contributed by atoms with van der Waals surface area (Å²) in [4.78, 5) is 18.2. The molecule has 0 unspecified atom stereocenters. The van der Waals surface area contributed by atoms with Gasteiger partial charge in [-0.2, -0.15) is 0 Å². The van der Waals surface area contributed by atoms with E-state index in [1.807, 2.05) is 11.8 Å². The Hall–Kier alpha value is -1.30. The number of rotatable bonds is 9. The number of amides is 1. The fraction of sp³-hybridized carbons (Fsp3) is 0.875. The molecule has 0 spiro atoms. The molecular weight excluding hydrogens is 280 g/mol. The lowest BCUT2D eigenvalue weighted by atomic mass is 10.1. The maximum atomic E-state index is 12.0. The van der Waals surface area contributed by atoms with E-state index in [4.69, 9.17) is 4.74 Å². The summed E-state index contributed by atoms with van der Waals surface area (Å²) in [5.74, 6) is 1.47. The van der Waals surface area contributed by atoms with Crippen LogP contribution in [0, 0.1) is 5.92 Å². The maximum absolute atomic E-state index is 12.0. The molecule has 0 radical (unpaired) electrons. The smallest absolute Gasteiger partial charge is 0.244 e. The van der Waals surface area contributed by atoms with Crippen molar-refractivity contribution in [3.05, 3.63) is 0 Å². The van der Waals surface area contributed by atoms with Gasteiger partial charge in [-0.05, 0) is 32.1 Å². The van der Waals surface area contributed by atoms with Crippen LogP contribution in [0.3, 0.4) is 0 Å². The minimum absolute atomic E-state index is 0.114. The van der Waals surface area contributed by atoms with Gasteiger partial charge in [0, 0.05) is 32.8 Å². The van der Waals surface area contributed by atoms with Crippen LogP contribution in [-0.2, 0) is 9.53 Å². The van der Waals surface area contributed by atoms with Gasteiger partial charge in [-0.15, -0.1) is 0 Å². The van der Waals surface area contributed by atoms with Gasteiger partial charge in [0.25, 0.3) is 0 Å². The van der Waals surface area contributed by atoms with Crippen molar-refractivity contribution < 1.29 is 9.53 Å². The maximum Gasteiger partial charge on any atom is 0.244 e. The zero-order chi connectivity index (χ0) is 16.2. The van der Waals surface area contributed by atoms with Crippen LogP contribution in [0.2, 0.25) is 0 Å². The molecule has 128 valence electrons. The van der Waals surface area contributed by atoms with Gasteiger partial charge >= 0.3 is 0 Å². The van der Waals surface area contributed by atoms with E-state index >= 15 is 0 Å². The van der Waals surface area contributed by atoms with E-state index in [9.17, 15) is 4.79 Å². The minimum atomic E-state index is 0.114. The van der Waals surface area contributed by atoms with Crippen LogP contribution in [-0.4, -0.2) is 62.7 Å². The van der Waals surface area contributed by atoms with Gasteiger partial charge in [0.15, 0.2) is 5.96 Å². The van der Waals surface area contributed by atoms with Crippen LogP contribution in [0.15, 0.2) is 4.99 Å². The molecular formula is C16H32N4O2. The summed E-state index contributed by atoms with van der Waals surface area (Å²) in [5, 5.41) is 6.35. The van der Waals surface area contributed by atoms with Crippen molar-refractivity contribution in [1.29, 1.82) is 0 Å². The van der Waals surface area contributed by atoms with Crippen LogP contribution in [0.4, 0.5) is 0 Å². The lowest BCUT2D eigenvalue weighted by molar-refractivity contribution is -0.128. The highest BCUT2D eigenvalue weighted by Crippen LogP contribution is 2.07. The molecule has 0 atom stereocenters. The fourth-order valence-electron chi connectivity index (χ4n) is 2.22. The first-order valence-corrected chi connectivity index (χ1v) is 8.51. The summed E-state index contributed by atoms with van der Waals surface area (Å²) >= 11 is 0. The molecule has 0 bridgehead atoms. The van der Waals surface area contributed by atoms with Crippen LogP contribution < -0.4 is 10.6 Å². The third-order valence-corrected chi connectivity index (χ3v) is 3.55. The third kappa shape index (κ3) is 8.22. The second-order valence-corrected chi connectivity index (χ2v) is 6.00. The summed E-state index contributed by atoms with van der Waals surface area (Å²) < 4.78 is 5.56. The molecule has 0 aromatic rings. The Morgan fingerprint density at radius 2 is 1.95 bits per heavy atom. The Balaban J connectivity index is 2.22. The molecule has 1 saturated heterocycles. The number of hydrogen-bond acceptors (Lipinski definition) is 3. The first-order valence-electron chi connectivity index (χ1n) is 8.51. The SMILES string of the molecule is CCNC(=NCC(=O)N1CCCC1)NCCOCCC(C)C. The molecule has 6 nitrogen and oxygen atoms in total. The molecule has 1 amide bonds. The highest BCUT2D eigenvalue weighted by Gasteiger charge is 2.17. The Labute approximate surface area is 134 Å². The first-order chi connectivity index (χ1) is 10.6. The molecule has 1 fully saturated rings. The Bertz CT molecular complexity index is 339. The number of aliphatic imine (C=N–C) groups is 1. The number of carbonyl (C=O) groups is 1. The third-order valence-electron chi connectivity index (χ3n) is 3.55. The Morgan fingerprint density at radius 1 is 1.23 bits per heavy atom. The van der Waals surface area contributed by atoms with E-state index in [1.54, 1.807) is 0 Å². The van der Waals surface area contributed by atoms with Crippen LogP contribution in [0.5, 0.6) is 0 Å². The van der Waals surface area contributed by atoms with E-state index in [0.29, 0.717) is 25.0 Å². The highest BCUT2D eigenvalue weighted by atomic mass is 16.5. The summed E-state index contributed by atoms with van der Waals surface area (Å²) in [5.41, 5.74) is 0. The van der Waals surface area contributed by atoms with Gasteiger partial charge in [0.05, 0.1) is 6.61 Å². The van der Waals surface area contributed by atoms with Gasteiger partial charge in [-0.3, -0.25) is 4.79 Å². The van der Waals surface area contributed by atoms with Gasteiger partial charge in [0.2, 0.25) is 5.91 Å². The molecule has 2 N–H and O–H groups in total. The van der Waals surface area contributed by atoms with Crippen molar-refractivity contribution >= 4 is 11.9 Å². The zero-order valence-corrected chi connectivity index (χ0v) is 14.4. The average Bonchev–Trinajstić information content (AvgIpc) is 3.01. The summed E-state index contributed by atoms with van der Waals surface area (Å²) in [6.07, 6.45) is 3.31. The number of ether oxygens (including phenoxy) is 1. The topological polar surface area (TPSA) is 66.0 Å². The Kier molecular flexibility index (Phi) is 9.62. The first kappa shape index (κ1) is 18.7. The van der Waals surface area contributed by atoms with E-state index in [0.717, 1.165) is 45.5 Å². The van der Waals surface area contributed by atoms with Gasteiger partial charge in [-0.1, -0.05) is 13.8 Å². The summed E-state index contributed by atoms with van der Waals surface area (Å²) in [6.45, 7) is 11.3. The summed E-state index contributed by atoms with van der Waals surface area (Å²) in [7, 11) is 0. The van der Waals surface area contributed by atoms with E-state index in [2.05, 4.69) is 29.5 Å². The minimum Gasteiger partial charge on any atom is -0.380 e. The molecule has 22 heavy (non-hydrogen) atoms. The Morgan fingerprint density at radius 3 is 2.59 bits per heavy atom. The van der Waals surface area contributed by atoms with Crippen molar-refractivity contribution in [3.8, 4) is 0 Å². The number of carbonyl (C=O) groups excluding carboxylic acids is 1. The monoisotopic (exact) mass is 312 g/mol. The molecule has 0 aliphatic carbocycles. The van der Waals surface area contributed by atoms with Crippen LogP contribution >= 0.6 is 0 Å². The number of nitrogens with one attached hydrogen (secondary N) is 2.